The maximum Gasteiger partial charge on any atom is 0.306 e. The van der Waals surface area contributed by atoms with Crippen LogP contribution in [0.1, 0.15) is 19.8 Å². The van der Waals surface area contributed by atoms with E-state index < -0.39 is 38.4 Å². The van der Waals surface area contributed by atoms with Gasteiger partial charge in [-0.2, -0.15) is 0 Å². The molecule has 1 rings (SSSR count). The molecule has 0 amide bonds. The molecule has 0 aliphatic carbocycles. The predicted octanol–water partition coefficient (Wildman–Crippen LogP) is 2.51. The molecule has 1 aromatic rings. The van der Waals surface area contributed by atoms with Crippen molar-refractivity contribution in [2.24, 2.45) is 5.92 Å². The van der Waals surface area contributed by atoms with Gasteiger partial charge in [-0.1, -0.05) is 6.92 Å². The third kappa shape index (κ3) is 5.01. The summed E-state index contributed by atoms with van der Waals surface area (Å²) in [5.74, 6) is -3.66. The minimum Gasteiger partial charge on any atom is -0.481 e. The zero-order chi connectivity index (χ0) is 16.2. The monoisotopic (exact) mass is 385 g/mol. The van der Waals surface area contributed by atoms with Crippen molar-refractivity contribution < 1.29 is 27.1 Å². The van der Waals surface area contributed by atoms with Crippen molar-refractivity contribution in [3.05, 3.63) is 28.2 Å². The molecule has 21 heavy (non-hydrogen) atoms. The minimum absolute atomic E-state index is 0.0385. The van der Waals surface area contributed by atoms with Gasteiger partial charge in [-0.15, -0.1) is 0 Å². The van der Waals surface area contributed by atoms with E-state index in [0.717, 1.165) is 6.07 Å². The lowest BCUT2D eigenvalue weighted by Gasteiger charge is -2.10. The van der Waals surface area contributed by atoms with Gasteiger partial charge in [0, 0.05) is 17.1 Å². The Hall–Kier alpha value is -1.06. The number of hydrogen-bond donors (Lipinski definition) is 2. The maximum atomic E-state index is 13.6. The number of hydrogen-bond acceptors (Lipinski definition) is 3. The second-order valence-electron chi connectivity index (χ2n) is 4.48. The number of aliphatic carboxylic acids is 1. The molecule has 5 nitrogen and oxygen atoms in total. The van der Waals surface area contributed by atoms with Gasteiger partial charge >= 0.3 is 5.97 Å². The Morgan fingerprint density at radius 3 is 2.57 bits per heavy atom. The van der Waals surface area contributed by atoms with Crippen LogP contribution >= 0.6 is 15.9 Å². The summed E-state index contributed by atoms with van der Waals surface area (Å²) < 4.78 is 52.3. The van der Waals surface area contributed by atoms with Gasteiger partial charge in [-0.3, -0.25) is 4.79 Å². The van der Waals surface area contributed by atoms with Gasteiger partial charge < -0.3 is 5.11 Å². The smallest absolute Gasteiger partial charge is 0.306 e. The van der Waals surface area contributed by atoms with E-state index in [2.05, 4.69) is 20.7 Å². The molecule has 0 fully saturated rings. The van der Waals surface area contributed by atoms with E-state index in [9.17, 15) is 22.0 Å². The van der Waals surface area contributed by atoms with E-state index in [1.807, 2.05) is 0 Å². The molecule has 0 saturated heterocycles. The van der Waals surface area contributed by atoms with Crippen LogP contribution in [0.15, 0.2) is 21.5 Å². The fourth-order valence-electron chi connectivity index (χ4n) is 1.60. The molecule has 1 atom stereocenters. The predicted molar refractivity (Wildman–Crippen MR) is 75.3 cm³/mol. The number of carboxylic acid groups (broad SMARTS) is 1. The number of benzene rings is 1. The Bertz CT molecular complexity index is 613. The Morgan fingerprint density at radius 2 is 2.05 bits per heavy atom. The van der Waals surface area contributed by atoms with Crippen molar-refractivity contribution in [2.45, 2.75) is 24.7 Å². The van der Waals surface area contributed by atoms with Crippen LogP contribution in [-0.4, -0.2) is 26.0 Å². The van der Waals surface area contributed by atoms with Crippen LogP contribution in [0.5, 0.6) is 0 Å². The Labute approximate surface area is 129 Å². The fraction of sp³-hybridized carbons (Fsp3) is 0.417. The summed E-state index contributed by atoms with van der Waals surface area (Å²) in [5.41, 5.74) is 0. The van der Waals surface area contributed by atoms with Crippen molar-refractivity contribution >= 4 is 31.9 Å². The molecule has 118 valence electrons. The summed E-state index contributed by atoms with van der Waals surface area (Å²) in [7, 11) is -4.14. The van der Waals surface area contributed by atoms with Crippen molar-refractivity contribution in [1.82, 2.24) is 4.72 Å². The zero-order valence-corrected chi connectivity index (χ0v) is 13.5. The van der Waals surface area contributed by atoms with Gasteiger partial charge in [0.2, 0.25) is 10.0 Å². The second kappa shape index (κ2) is 7.28. The molecule has 0 radical (unpaired) electrons. The summed E-state index contributed by atoms with van der Waals surface area (Å²) in [6, 6.07) is 1.33. The van der Waals surface area contributed by atoms with Gasteiger partial charge in [-0.25, -0.2) is 21.9 Å². The molecule has 2 N–H and O–H groups in total. The number of rotatable bonds is 7. The quantitative estimate of drug-likeness (QED) is 0.706. The summed E-state index contributed by atoms with van der Waals surface area (Å²) >= 11 is 2.81. The lowest BCUT2D eigenvalue weighted by atomic mass is 10.1. The third-order valence-electron chi connectivity index (χ3n) is 2.76. The van der Waals surface area contributed by atoms with Crippen LogP contribution in [0.3, 0.4) is 0 Å². The van der Waals surface area contributed by atoms with Crippen molar-refractivity contribution in [1.29, 1.82) is 0 Å². The van der Waals surface area contributed by atoms with Gasteiger partial charge in [0.25, 0.3) is 0 Å². The van der Waals surface area contributed by atoms with Crippen molar-refractivity contribution in [3.63, 3.8) is 0 Å². The molecule has 1 aromatic carbocycles. The fourth-order valence-corrected chi connectivity index (χ4v) is 3.83. The number of nitrogens with one attached hydrogen (secondary N) is 1. The topological polar surface area (TPSA) is 83.5 Å². The maximum absolute atomic E-state index is 13.6. The molecule has 0 heterocycles. The number of sulfonamides is 1. The van der Waals surface area contributed by atoms with E-state index in [1.165, 1.54) is 6.92 Å². The first-order valence-electron chi connectivity index (χ1n) is 6.02. The normalized spacial score (nSPS) is 13.1. The molecule has 0 aliphatic heterocycles. The highest BCUT2D eigenvalue weighted by molar-refractivity contribution is 9.10. The van der Waals surface area contributed by atoms with E-state index >= 15 is 0 Å². The molecule has 0 spiro atoms. The first-order chi connectivity index (χ1) is 9.65. The van der Waals surface area contributed by atoms with Crippen LogP contribution in [0.2, 0.25) is 0 Å². The van der Waals surface area contributed by atoms with Crippen LogP contribution in [-0.2, 0) is 14.8 Å². The minimum atomic E-state index is -4.14. The van der Waals surface area contributed by atoms with Gasteiger partial charge in [0.15, 0.2) is 0 Å². The van der Waals surface area contributed by atoms with Crippen molar-refractivity contribution in [2.75, 3.05) is 6.54 Å². The van der Waals surface area contributed by atoms with E-state index in [0.29, 0.717) is 6.07 Å². The second-order valence-corrected chi connectivity index (χ2v) is 7.04. The molecule has 9 heteroatoms. The number of carbonyl (C=O) groups is 1. The molecular weight excluding hydrogens is 372 g/mol. The van der Waals surface area contributed by atoms with Gasteiger partial charge in [0.1, 0.15) is 16.5 Å². The SMILES string of the molecule is CC(CCCNS(=O)(=O)c1c(F)cc(F)cc1Br)C(=O)O. The Kier molecular flexibility index (Phi) is 6.24. The van der Waals surface area contributed by atoms with E-state index in [-0.39, 0.29) is 23.9 Å². The average molecular weight is 386 g/mol. The molecule has 0 saturated carbocycles. The molecule has 0 aromatic heterocycles. The Morgan fingerprint density at radius 1 is 1.43 bits per heavy atom. The average Bonchev–Trinajstić information content (AvgIpc) is 2.32. The third-order valence-corrected chi connectivity index (χ3v) is 5.18. The molecule has 1 unspecified atom stereocenters. The number of halogens is 3. The van der Waals surface area contributed by atoms with E-state index in [4.69, 9.17) is 5.11 Å². The van der Waals surface area contributed by atoms with Crippen LogP contribution < -0.4 is 4.72 Å². The Balaban J connectivity index is 2.73. The first-order valence-corrected chi connectivity index (χ1v) is 8.29. The molecule has 0 bridgehead atoms. The summed E-state index contributed by atoms with van der Waals surface area (Å²) in [5, 5.41) is 8.69. The highest BCUT2D eigenvalue weighted by atomic mass is 79.9. The summed E-state index contributed by atoms with van der Waals surface area (Å²) in [4.78, 5) is 9.93. The highest BCUT2D eigenvalue weighted by Gasteiger charge is 2.23. The van der Waals surface area contributed by atoms with E-state index in [1.54, 1.807) is 0 Å². The first kappa shape index (κ1) is 18.0. The van der Waals surface area contributed by atoms with Crippen molar-refractivity contribution in [3.8, 4) is 0 Å². The van der Waals surface area contributed by atoms with Crippen LogP contribution in [0.25, 0.3) is 0 Å². The molecular formula is C12H14BrF2NO4S. The standard InChI is InChI=1S/C12H14BrF2NO4S/c1-7(12(17)18)3-2-4-16-21(19,20)11-9(13)5-8(14)6-10(11)15/h5-7,16H,2-4H2,1H3,(H,17,18). The number of carboxylic acids is 1. The largest absolute Gasteiger partial charge is 0.481 e. The summed E-state index contributed by atoms with van der Waals surface area (Å²) in [6.45, 7) is 1.47. The van der Waals surface area contributed by atoms with Crippen LogP contribution in [0, 0.1) is 17.6 Å². The zero-order valence-electron chi connectivity index (χ0n) is 11.1. The lowest BCUT2D eigenvalue weighted by Crippen LogP contribution is -2.26. The highest BCUT2D eigenvalue weighted by Crippen LogP contribution is 2.26. The van der Waals surface area contributed by atoms with Crippen LogP contribution in [0.4, 0.5) is 8.78 Å². The van der Waals surface area contributed by atoms with Gasteiger partial charge in [-0.05, 0) is 34.8 Å². The van der Waals surface area contributed by atoms with Gasteiger partial charge in [0.05, 0.1) is 5.92 Å². The lowest BCUT2D eigenvalue weighted by molar-refractivity contribution is -0.141. The summed E-state index contributed by atoms with van der Waals surface area (Å²) in [6.07, 6.45) is 0.568. The molecule has 0 aliphatic rings.